The third-order valence-electron chi connectivity index (χ3n) is 4.88. The summed E-state index contributed by atoms with van der Waals surface area (Å²) in [5.41, 5.74) is 2.15. The Labute approximate surface area is 221 Å². The van der Waals surface area contributed by atoms with Crippen molar-refractivity contribution in [3.63, 3.8) is 0 Å². The van der Waals surface area contributed by atoms with E-state index >= 15 is 0 Å². The van der Waals surface area contributed by atoms with Crippen molar-refractivity contribution in [2.24, 2.45) is 0 Å². The molecule has 1 unspecified atom stereocenters. The fourth-order valence-electron chi connectivity index (χ4n) is 3.01. The summed E-state index contributed by atoms with van der Waals surface area (Å²) in [5, 5.41) is 10.7. The van der Waals surface area contributed by atoms with Crippen LogP contribution in [0.4, 0.5) is 13.2 Å². The van der Waals surface area contributed by atoms with Crippen LogP contribution in [0.25, 0.3) is 11.1 Å². The lowest BCUT2D eigenvalue weighted by atomic mass is 9.99. The van der Waals surface area contributed by atoms with E-state index in [1.165, 1.54) is 0 Å². The third-order valence-corrected chi connectivity index (χ3v) is 5.23. The number of carbonyl (C=O) groups excluding carboxylic acids is 4. The number of alkyl halides is 3. The maximum absolute atomic E-state index is 12.5. The van der Waals surface area contributed by atoms with Crippen molar-refractivity contribution in [3.05, 3.63) is 60.2 Å². The maximum Gasteiger partial charge on any atom is 0.495 e. The number of benzene rings is 2. The molecule has 38 heavy (non-hydrogen) atoms. The van der Waals surface area contributed by atoms with E-state index in [2.05, 4.69) is 31.0 Å². The largest absolute Gasteiger partial charge is 0.495 e. The Balaban J connectivity index is 2.04. The van der Waals surface area contributed by atoms with Gasteiger partial charge in [0, 0.05) is 20.0 Å². The van der Waals surface area contributed by atoms with Gasteiger partial charge in [-0.1, -0.05) is 54.6 Å². The first-order chi connectivity index (χ1) is 18.0. The average Bonchev–Trinajstić information content (AvgIpc) is 2.90. The lowest BCUT2D eigenvalue weighted by Crippen LogP contribution is -2.41. The molecule has 204 valence electrons. The van der Waals surface area contributed by atoms with E-state index in [0.29, 0.717) is 10.7 Å². The van der Waals surface area contributed by atoms with E-state index in [1.807, 2.05) is 30.3 Å². The topological polar surface area (TPSA) is 135 Å². The van der Waals surface area contributed by atoms with E-state index in [0.717, 1.165) is 11.1 Å². The number of hydrogen-bond acceptors (Lipinski definition) is 7. The van der Waals surface area contributed by atoms with Crippen LogP contribution in [0.2, 0.25) is 0 Å². The lowest BCUT2D eigenvalue weighted by molar-refractivity contribution is -0.286. The highest BCUT2D eigenvalue weighted by Crippen LogP contribution is 2.24. The number of nitrogens with one attached hydrogen (secondary N) is 4. The second kappa shape index (κ2) is 14.5. The molecule has 0 spiro atoms. The number of carbonyl (C=O) groups is 4. The summed E-state index contributed by atoms with van der Waals surface area (Å²) in [4.78, 5) is 54.8. The van der Waals surface area contributed by atoms with Crippen LogP contribution in [0.5, 0.6) is 0 Å². The van der Waals surface area contributed by atoms with Crippen LogP contribution in [0.1, 0.15) is 24.4 Å². The van der Waals surface area contributed by atoms with Crippen molar-refractivity contribution in [1.82, 2.24) is 21.3 Å². The van der Waals surface area contributed by atoms with Crippen LogP contribution in [0, 0.1) is 0 Å². The lowest BCUT2D eigenvalue weighted by Gasteiger charge is -2.19. The SMILES string of the molecule is CNC(=S)NCCC(=O)NCC(=O)NC(CC(=O)OOC(=O)C(F)(F)F)c1ccc(-c2ccccc2)cc1. The van der Waals surface area contributed by atoms with Gasteiger partial charge < -0.3 is 21.3 Å². The minimum Gasteiger partial charge on any atom is -0.366 e. The number of rotatable bonds is 10. The Morgan fingerprint density at radius 3 is 2.13 bits per heavy atom. The highest BCUT2D eigenvalue weighted by molar-refractivity contribution is 7.80. The van der Waals surface area contributed by atoms with Gasteiger partial charge in [0.25, 0.3) is 0 Å². The molecule has 2 aromatic carbocycles. The van der Waals surface area contributed by atoms with Crippen LogP contribution < -0.4 is 21.3 Å². The van der Waals surface area contributed by atoms with Gasteiger partial charge in [-0.25, -0.2) is 19.4 Å². The van der Waals surface area contributed by atoms with Crippen LogP contribution >= 0.6 is 12.2 Å². The molecule has 0 fully saturated rings. The quantitative estimate of drug-likeness (QED) is 0.198. The molecule has 0 aliphatic rings. The first-order valence-corrected chi connectivity index (χ1v) is 11.6. The van der Waals surface area contributed by atoms with Crippen LogP contribution in [-0.4, -0.2) is 55.2 Å². The Morgan fingerprint density at radius 2 is 1.53 bits per heavy atom. The van der Waals surface area contributed by atoms with Crippen molar-refractivity contribution >= 4 is 41.1 Å². The molecule has 0 saturated heterocycles. The molecular weight excluding hydrogens is 529 g/mol. The molecule has 1 atom stereocenters. The molecular formula is C24H25F3N4O6S. The molecule has 14 heteroatoms. The van der Waals surface area contributed by atoms with Gasteiger partial charge in [0.15, 0.2) is 5.11 Å². The molecule has 0 aliphatic heterocycles. The van der Waals surface area contributed by atoms with Gasteiger partial charge in [0.1, 0.15) is 0 Å². The van der Waals surface area contributed by atoms with Crippen LogP contribution in [0.3, 0.4) is 0 Å². The first-order valence-electron chi connectivity index (χ1n) is 11.1. The molecule has 0 heterocycles. The van der Waals surface area contributed by atoms with Gasteiger partial charge in [-0.2, -0.15) is 13.2 Å². The van der Waals surface area contributed by atoms with Crippen LogP contribution in [-0.2, 0) is 29.0 Å². The molecule has 10 nitrogen and oxygen atoms in total. The highest BCUT2D eigenvalue weighted by atomic mass is 32.1. The van der Waals surface area contributed by atoms with Gasteiger partial charge in [-0.3, -0.25) is 9.59 Å². The monoisotopic (exact) mass is 554 g/mol. The fraction of sp³-hybridized carbons (Fsp3) is 0.292. The molecule has 0 aromatic heterocycles. The molecule has 0 radical (unpaired) electrons. The number of amides is 2. The summed E-state index contributed by atoms with van der Waals surface area (Å²) in [5.74, 6) is -5.18. The first kappa shape index (κ1) is 30.0. The number of hydrogen-bond donors (Lipinski definition) is 4. The third kappa shape index (κ3) is 10.4. The van der Waals surface area contributed by atoms with Gasteiger partial charge in [0.05, 0.1) is 19.0 Å². The average molecular weight is 555 g/mol. The van der Waals surface area contributed by atoms with Gasteiger partial charge >= 0.3 is 18.1 Å². The van der Waals surface area contributed by atoms with Gasteiger partial charge in [-0.05, 0) is 28.9 Å². The molecule has 2 aromatic rings. The van der Waals surface area contributed by atoms with Gasteiger partial charge in [0.2, 0.25) is 11.8 Å². The zero-order chi connectivity index (χ0) is 28.1. The summed E-state index contributed by atoms with van der Waals surface area (Å²) < 4.78 is 36.9. The maximum atomic E-state index is 12.5. The predicted octanol–water partition coefficient (Wildman–Crippen LogP) is 2.06. The molecule has 0 bridgehead atoms. The van der Waals surface area contributed by atoms with E-state index in [9.17, 15) is 32.3 Å². The molecule has 2 rings (SSSR count). The standard InChI is InChI=1S/C24H25F3N4O6S/c1-28-23(38)29-12-11-19(32)30-14-20(33)31-18(13-21(34)36-37-22(35)24(25,26)27)17-9-7-16(8-10-17)15-5-3-2-4-6-15/h2-10,18H,11-14H2,1H3,(H,30,32)(H,31,33)(H2,28,29,38). The summed E-state index contributed by atoms with van der Waals surface area (Å²) in [7, 11) is 1.61. The van der Waals surface area contributed by atoms with E-state index in [-0.39, 0.29) is 13.0 Å². The Hall–Kier alpha value is -4.20. The fourth-order valence-corrected chi connectivity index (χ4v) is 3.12. The summed E-state index contributed by atoms with van der Waals surface area (Å²) in [6.45, 7) is -0.210. The zero-order valence-corrected chi connectivity index (χ0v) is 20.9. The van der Waals surface area contributed by atoms with Crippen molar-refractivity contribution in [2.75, 3.05) is 20.1 Å². The van der Waals surface area contributed by atoms with Crippen molar-refractivity contribution in [1.29, 1.82) is 0 Å². The summed E-state index contributed by atoms with van der Waals surface area (Å²) >= 11 is 4.89. The number of halogens is 3. The molecule has 0 saturated carbocycles. The molecule has 4 N–H and O–H groups in total. The van der Waals surface area contributed by atoms with Gasteiger partial charge in [-0.15, -0.1) is 0 Å². The normalized spacial score (nSPS) is 11.5. The highest BCUT2D eigenvalue weighted by Gasteiger charge is 2.43. The molecule has 2 amide bonds. The zero-order valence-electron chi connectivity index (χ0n) is 20.1. The van der Waals surface area contributed by atoms with E-state index < -0.39 is 48.9 Å². The smallest absolute Gasteiger partial charge is 0.366 e. The minimum absolute atomic E-state index is 0.0242. The predicted molar refractivity (Wildman–Crippen MR) is 133 cm³/mol. The van der Waals surface area contributed by atoms with Crippen LogP contribution in [0.15, 0.2) is 54.6 Å². The van der Waals surface area contributed by atoms with Crippen molar-refractivity contribution in [2.45, 2.75) is 25.1 Å². The van der Waals surface area contributed by atoms with Crippen molar-refractivity contribution < 1.29 is 42.1 Å². The summed E-state index contributed by atoms with van der Waals surface area (Å²) in [6, 6.07) is 14.9. The Morgan fingerprint density at radius 1 is 0.895 bits per heavy atom. The molecule has 0 aliphatic carbocycles. The second-order valence-electron chi connectivity index (χ2n) is 7.67. The number of thiocarbonyl (C=S) groups is 1. The van der Waals surface area contributed by atoms with Crippen molar-refractivity contribution in [3.8, 4) is 11.1 Å². The Bertz CT molecular complexity index is 1130. The second-order valence-corrected chi connectivity index (χ2v) is 8.08. The minimum atomic E-state index is -5.35. The Kier molecular flexibility index (Phi) is 11.5. The van der Waals surface area contributed by atoms with E-state index in [4.69, 9.17) is 12.2 Å². The summed E-state index contributed by atoms with van der Waals surface area (Å²) in [6.07, 6.45) is -6.00. The van der Waals surface area contributed by atoms with E-state index in [1.54, 1.807) is 31.3 Å².